The van der Waals surface area contributed by atoms with Gasteiger partial charge in [-0.05, 0) is 25.1 Å². The van der Waals surface area contributed by atoms with E-state index in [0.717, 1.165) is 23.4 Å². The summed E-state index contributed by atoms with van der Waals surface area (Å²) < 4.78 is 2.24. The molecular weight excluding hydrogens is 208 g/mol. The number of aromatic nitrogens is 2. The van der Waals surface area contributed by atoms with E-state index in [4.69, 9.17) is 4.98 Å². The van der Waals surface area contributed by atoms with E-state index in [9.17, 15) is 0 Å². The van der Waals surface area contributed by atoms with Gasteiger partial charge in [-0.25, -0.2) is 4.98 Å². The Kier molecular flexibility index (Phi) is 2.41. The first-order valence-electron chi connectivity index (χ1n) is 5.82. The molecule has 3 aromatic rings. The first-order chi connectivity index (χ1) is 8.40. The molecule has 3 rings (SSSR count). The topological polar surface area (TPSA) is 17.8 Å². The fraction of sp³-hybridized carbons (Fsp3) is 0.133. The van der Waals surface area contributed by atoms with Crippen molar-refractivity contribution < 1.29 is 0 Å². The molecule has 0 aliphatic carbocycles. The lowest BCUT2D eigenvalue weighted by atomic mass is 10.2. The summed E-state index contributed by atoms with van der Waals surface area (Å²) in [5, 5.41) is 0. The highest BCUT2D eigenvalue weighted by Gasteiger charge is 2.09. The van der Waals surface area contributed by atoms with Gasteiger partial charge in [0.1, 0.15) is 5.82 Å². The zero-order valence-electron chi connectivity index (χ0n) is 9.72. The van der Waals surface area contributed by atoms with Crippen molar-refractivity contribution in [2.24, 2.45) is 0 Å². The molecule has 0 amide bonds. The molecule has 2 heteroatoms. The zero-order chi connectivity index (χ0) is 11.7. The molecule has 0 bridgehead atoms. The van der Waals surface area contributed by atoms with Crippen LogP contribution in [-0.2, 0) is 6.54 Å². The molecule has 1 heterocycles. The van der Waals surface area contributed by atoms with Gasteiger partial charge in [-0.15, -0.1) is 0 Å². The van der Waals surface area contributed by atoms with Crippen LogP contribution in [0, 0.1) is 6.07 Å². The summed E-state index contributed by atoms with van der Waals surface area (Å²) >= 11 is 0. The fourth-order valence-corrected chi connectivity index (χ4v) is 2.15. The third-order valence-corrected chi connectivity index (χ3v) is 2.95. The lowest BCUT2D eigenvalue weighted by molar-refractivity contribution is 0.796. The fourth-order valence-electron chi connectivity index (χ4n) is 2.15. The van der Waals surface area contributed by atoms with Gasteiger partial charge in [0, 0.05) is 12.1 Å². The Labute approximate surface area is 101 Å². The van der Waals surface area contributed by atoms with E-state index in [-0.39, 0.29) is 0 Å². The molecule has 0 N–H and O–H groups in total. The van der Waals surface area contributed by atoms with E-state index in [1.54, 1.807) is 0 Å². The minimum atomic E-state index is 0.925. The maximum Gasteiger partial charge on any atom is 0.141 e. The van der Waals surface area contributed by atoms with Gasteiger partial charge in [-0.2, -0.15) is 0 Å². The molecular formula is C15H13N2. The number of fused-ring (bicyclic) bond motifs is 1. The number of rotatable bonds is 2. The SMILES string of the molecule is CCn1c(-c2cc[c]cc2)nc2ccccc21. The van der Waals surface area contributed by atoms with Gasteiger partial charge in [-0.3, -0.25) is 0 Å². The second kappa shape index (κ2) is 4.06. The van der Waals surface area contributed by atoms with E-state index in [2.05, 4.69) is 35.8 Å². The van der Waals surface area contributed by atoms with Crippen molar-refractivity contribution in [2.75, 3.05) is 0 Å². The Morgan fingerprint density at radius 1 is 1.12 bits per heavy atom. The second-order valence-electron chi connectivity index (χ2n) is 3.96. The van der Waals surface area contributed by atoms with Gasteiger partial charge in [0.25, 0.3) is 0 Å². The third kappa shape index (κ3) is 1.62. The standard InChI is InChI=1S/C15H13N2/c1-2-17-14-11-7-6-10-13(14)16-15(17)12-8-4-3-5-9-12/h4-11H,2H2,1H3. The highest BCUT2D eigenvalue weighted by atomic mass is 15.1. The van der Waals surface area contributed by atoms with Crippen LogP contribution < -0.4 is 0 Å². The van der Waals surface area contributed by atoms with Crippen LogP contribution >= 0.6 is 0 Å². The number of para-hydroxylation sites is 2. The first-order valence-corrected chi connectivity index (χ1v) is 5.82. The summed E-state index contributed by atoms with van der Waals surface area (Å²) in [4.78, 5) is 4.70. The molecule has 0 atom stereocenters. The minimum Gasteiger partial charge on any atom is -0.324 e. The quantitative estimate of drug-likeness (QED) is 0.647. The number of nitrogens with zero attached hydrogens (tertiary/aromatic N) is 2. The summed E-state index contributed by atoms with van der Waals surface area (Å²) in [7, 11) is 0. The van der Waals surface area contributed by atoms with Gasteiger partial charge in [0.05, 0.1) is 11.0 Å². The Balaban J connectivity index is 2.30. The zero-order valence-corrected chi connectivity index (χ0v) is 9.72. The maximum absolute atomic E-state index is 4.70. The van der Waals surface area contributed by atoms with E-state index in [0.29, 0.717) is 0 Å². The summed E-state index contributed by atoms with van der Waals surface area (Å²) in [6.07, 6.45) is 0. The van der Waals surface area contributed by atoms with Crippen molar-refractivity contribution in [1.29, 1.82) is 0 Å². The molecule has 0 aliphatic rings. The lowest BCUT2D eigenvalue weighted by Crippen LogP contribution is -1.96. The van der Waals surface area contributed by atoms with Gasteiger partial charge >= 0.3 is 0 Å². The largest absolute Gasteiger partial charge is 0.324 e. The van der Waals surface area contributed by atoms with Gasteiger partial charge < -0.3 is 4.57 Å². The molecule has 2 aromatic carbocycles. The average molecular weight is 221 g/mol. The van der Waals surface area contributed by atoms with Crippen LogP contribution in [0.4, 0.5) is 0 Å². The second-order valence-corrected chi connectivity index (χ2v) is 3.96. The van der Waals surface area contributed by atoms with E-state index >= 15 is 0 Å². The smallest absolute Gasteiger partial charge is 0.141 e. The van der Waals surface area contributed by atoms with E-state index in [1.807, 2.05) is 30.3 Å². The molecule has 17 heavy (non-hydrogen) atoms. The van der Waals surface area contributed by atoms with Crippen LogP contribution in [0.15, 0.2) is 48.5 Å². The predicted molar refractivity (Wildman–Crippen MR) is 69.7 cm³/mol. The van der Waals surface area contributed by atoms with Crippen molar-refractivity contribution in [3.05, 3.63) is 54.6 Å². The highest BCUT2D eigenvalue weighted by Crippen LogP contribution is 2.24. The molecule has 0 spiro atoms. The molecule has 0 fully saturated rings. The Morgan fingerprint density at radius 2 is 1.88 bits per heavy atom. The van der Waals surface area contributed by atoms with Crippen LogP contribution in [0.2, 0.25) is 0 Å². The molecule has 0 saturated heterocycles. The van der Waals surface area contributed by atoms with Crippen molar-refractivity contribution >= 4 is 11.0 Å². The van der Waals surface area contributed by atoms with Gasteiger partial charge in [-0.1, -0.05) is 36.4 Å². The molecule has 1 radical (unpaired) electrons. The first kappa shape index (κ1) is 10.1. The summed E-state index contributed by atoms with van der Waals surface area (Å²) in [5.74, 6) is 1.03. The third-order valence-electron chi connectivity index (χ3n) is 2.95. The number of hydrogen-bond donors (Lipinski definition) is 0. The minimum absolute atomic E-state index is 0.925. The van der Waals surface area contributed by atoms with Crippen LogP contribution in [-0.4, -0.2) is 9.55 Å². The molecule has 1 aromatic heterocycles. The lowest BCUT2D eigenvalue weighted by Gasteiger charge is -2.05. The van der Waals surface area contributed by atoms with Crippen LogP contribution in [0.3, 0.4) is 0 Å². The Bertz CT molecular complexity index is 638. The normalized spacial score (nSPS) is 10.9. The van der Waals surface area contributed by atoms with Crippen LogP contribution in [0.1, 0.15) is 6.92 Å². The molecule has 83 valence electrons. The number of hydrogen-bond acceptors (Lipinski definition) is 1. The van der Waals surface area contributed by atoms with Crippen molar-refractivity contribution in [2.45, 2.75) is 13.5 Å². The van der Waals surface area contributed by atoms with E-state index < -0.39 is 0 Å². The summed E-state index contributed by atoms with van der Waals surface area (Å²) in [5.41, 5.74) is 3.39. The van der Waals surface area contributed by atoms with Crippen LogP contribution in [0.25, 0.3) is 22.4 Å². The molecule has 2 nitrogen and oxygen atoms in total. The Hall–Kier alpha value is -2.09. The number of aryl methyl sites for hydroxylation is 1. The van der Waals surface area contributed by atoms with Crippen LogP contribution in [0.5, 0.6) is 0 Å². The molecule has 0 unspecified atom stereocenters. The van der Waals surface area contributed by atoms with Crippen molar-refractivity contribution in [3.63, 3.8) is 0 Å². The predicted octanol–water partition coefficient (Wildman–Crippen LogP) is 3.52. The van der Waals surface area contributed by atoms with Crippen molar-refractivity contribution in [3.8, 4) is 11.4 Å². The maximum atomic E-state index is 4.70. The Morgan fingerprint density at radius 3 is 2.65 bits per heavy atom. The van der Waals surface area contributed by atoms with Crippen molar-refractivity contribution in [1.82, 2.24) is 9.55 Å². The average Bonchev–Trinajstić information content (AvgIpc) is 2.78. The highest BCUT2D eigenvalue weighted by molar-refractivity contribution is 5.80. The molecule has 0 saturated carbocycles. The number of benzene rings is 2. The summed E-state index contributed by atoms with van der Waals surface area (Å²) in [6, 6.07) is 19.2. The van der Waals surface area contributed by atoms with Gasteiger partial charge in [0.15, 0.2) is 0 Å². The number of imidazole rings is 1. The van der Waals surface area contributed by atoms with E-state index in [1.165, 1.54) is 5.52 Å². The molecule has 0 aliphatic heterocycles. The van der Waals surface area contributed by atoms with Gasteiger partial charge in [0.2, 0.25) is 0 Å². The summed E-state index contributed by atoms with van der Waals surface area (Å²) in [6.45, 7) is 3.07. The monoisotopic (exact) mass is 221 g/mol.